The molecule has 5 N–H and O–H groups in total. The molecule has 16 nitrogen and oxygen atoms in total. The average Bonchev–Trinajstić information content (AvgIpc) is 3.41. The number of aliphatic hydroxyl groups excluding tert-OH is 2. The van der Waals surface area contributed by atoms with Crippen molar-refractivity contribution in [2.24, 2.45) is 0 Å². The van der Waals surface area contributed by atoms with Gasteiger partial charge < -0.3 is 39.6 Å². The van der Waals surface area contributed by atoms with E-state index in [1.54, 1.807) is 0 Å². The number of ether oxygens (including phenoxy) is 2. The van der Waals surface area contributed by atoms with Gasteiger partial charge in [0.15, 0.2) is 6.10 Å². The highest BCUT2D eigenvalue weighted by Crippen LogP contribution is 2.40. The van der Waals surface area contributed by atoms with Crippen molar-refractivity contribution in [3.63, 3.8) is 0 Å². The molecule has 0 aliphatic rings. The van der Waals surface area contributed by atoms with Gasteiger partial charge in [-0.05, 0) is 38.5 Å². The highest BCUT2D eigenvalue weighted by Gasteiger charge is 2.43. The SMILES string of the molecule is CCCCCCCCCCCCCC(=O)O[C@H](CCCCCCCCCCC)CC(=O)N[C@@H](C=O)[C@@H](OOC(=O)C[C@@H](CCCCCCCCCCC)OC(=O)CCCCCCCCCCCCC)[C@H](OP(=O)(O)O)[C@H](O)CO. The molecule has 0 spiro atoms. The molecule has 0 radical (unpaired) electrons. The predicted molar refractivity (Wildman–Crippen MR) is 314 cm³/mol. The highest BCUT2D eigenvalue weighted by atomic mass is 31.2. The van der Waals surface area contributed by atoms with Gasteiger partial charge in [0.05, 0.1) is 19.4 Å². The topological polar surface area (TPSA) is 242 Å². The Hall–Kier alpha value is -2.46. The average molecular weight is 1150 g/mol. The second-order valence-corrected chi connectivity index (χ2v) is 23.7. The van der Waals surface area contributed by atoms with Crippen LogP contribution in [0.1, 0.15) is 323 Å². The maximum atomic E-state index is 13.8. The van der Waals surface area contributed by atoms with Gasteiger partial charge in [0.25, 0.3) is 0 Å². The van der Waals surface area contributed by atoms with Crippen LogP contribution in [0, 0.1) is 0 Å². The normalized spacial score (nSPS) is 14.0. The van der Waals surface area contributed by atoms with Gasteiger partial charge in [0, 0.05) is 12.8 Å². The molecule has 0 aliphatic heterocycles. The summed E-state index contributed by atoms with van der Waals surface area (Å²) >= 11 is 0. The number of hydrogen-bond acceptors (Lipinski definition) is 13. The summed E-state index contributed by atoms with van der Waals surface area (Å²) in [6.07, 6.45) is 35.9. The van der Waals surface area contributed by atoms with Crippen LogP contribution < -0.4 is 5.32 Å². The Kier molecular flexibility index (Phi) is 53.1. The summed E-state index contributed by atoms with van der Waals surface area (Å²) in [4.78, 5) is 96.7. The van der Waals surface area contributed by atoms with Crippen molar-refractivity contribution in [3.05, 3.63) is 0 Å². The number of aldehydes is 1. The third-order valence-electron chi connectivity index (χ3n) is 14.9. The van der Waals surface area contributed by atoms with E-state index in [1.165, 1.54) is 141 Å². The Balaban J connectivity index is 6.02. The monoisotopic (exact) mass is 1150 g/mol. The van der Waals surface area contributed by atoms with E-state index in [2.05, 4.69) is 33.0 Å². The van der Waals surface area contributed by atoms with E-state index in [0.717, 1.165) is 89.9 Å². The number of esters is 2. The Bertz CT molecular complexity index is 1500. The van der Waals surface area contributed by atoms with Crippen LogP contribution in [0.15, 0.2) is 0 Å². The molecule has 0 aromatic heterocycles. The minimum atomic E-state index is -5.49. The molecule has 17 heteroatoms. The Labute approximate surface area is 480 Å². The van der Waals surface area contributed by atoms with Gasteiger partial charge in [-0.3, -0.25) is 23.8 Å². The van der Waals surface area contributed by atoms with Crippen LogP contribution >= 0.6 is 7.82 Å². The second-order valence-electron chi connectivity index (χ2n) is 22.5. The Morgan fingerprint density at radius 1 is 0.456 bits per heavy atom. The molecule has 79 heavy (non-hydrogen) atoms. The minimum absolute atomic E-state index is 0.160. The first kappa shape index (κ1) is 76.5. The maximum Gasteiger partial charge on any atom is 0.470 e. The first-order valence-electron chi connectivity index (χ1n) is 32.3. The smallest absolute Gasteiger partial charge is 0.462 e. The molecule has 0 aromatic carbocycles. The van der Waals surface area contributed by atoms with Crippen molar-refractivity contribution in [1.82, 2.24) is 5.32 Å². The summed E-state index contributed by atoms with van der Waals surface area (Å²) in [5, 5.41) is 23.2. The zero-order valence-corrected chi connectivity index (χ0v) is 51.4. The molecule has 0 heterocycles. The van der Waals surface area contributed by atoms with Gasteiger partial charge in [0.1, 0.15) is 36.7 Å². The lowest BCUT2D eigenvalue weighted by Gasteiger charge is -2.32. The largest absolute Gasteiger partial charge is 0.470 e. The van der Waals surface area contributed by atoms with Crippen molar-refractivity contribution in [3.8, 4) is 0 Å². The third-order valence-corrected chi connectivity index (χ3v) is 15.4. The summed E-state index contributed by atoms with van der Waals surface area (Å²) < 4.78 is 28.7. The van der Waals surface area contributed by atoms with E-state index in [0.29, 0.717) is 38.5 Å². The second kappa shape index (κ2) is 54.8. The summed E-state index contributed by atoms with van der Waals surface area (Å²) in [7, 11) is -5.49. The number of hydrogen-bond donors (Lipinski definition) is 5. The van der Waals surface area contributed by atoms with E-state index in [4.69, 9.17) is 23.8 Å². The fourth-order valence-electron chi connectivity index (χ4n) is 10.0. The van der Waals surface area contributed by atoms with Crippen LogP contribution in [-0.4, -0.2) is 93.3 Å². The molecule has 6 atom stereocenters. The molecule has 0 aliphatic carbocycles. The number of phosphoric ester groups is 1. The third kappa shape index (κ3) is 48.8. The molecular weight excluding hydrogens is 1030 g/mol. The van der Waals surface area contributed by atoms with Crippen LogP contribution in [-0.2, 0) is 52.3 Å². The standard InChI is InChI=1S/C62H118NO15P/c1-5-9-13-17-21-25-27-31-35-39-43-47-58(68)74-53(45-41-37-33-29-23-19-15-11-7-3)49-57(67)63-55(51-64)61(62(56(66)52-65)78-79(71,72)73)77-76-60(70)50-54(46-42-38-34-30-24-20-16-12-8-4)75-59(69)48-44-40-36-32-28-26-22-18-14-10-6-2/h51,53-56,61-62,65-66H,5-50,52H2,1-4H3,(H,63,67)(H2,71,72,73)/t53-,54-,55+,56-,61-,62-/m1/s1. The molecule has 0 saturated carbocycles. The van der Waals surface area contributed by atoms with Crippen molar-refractivity contribution in [2.75, 3.05) is 6.61 Å². The first-order chi connectivity index (χ1) is 38.2. The molecule has 0 bridgehead atoms. The number of rotatable bonds is 60. The van der Waals surface area contributed by atoms with Crippen molar-refractivity contribution in [1.29, 1.82) is 0 Å². The lowest BCUT2D eigenvalue weighted by atomic mass is 10.0. The van der Waals surface area contributed by atoms with Crippen LogP contribution in [0.4, 0.5) is 0 Å². The summed E-state index contributed by atoms with van der Waals surface area (Å²) in [5.41, 5.74) is 0. The number of phosphoric acid groups is 1. The van der Waals surface area contributed by atoms with Gasteiger partial charge in [-0.15, -0.1) is 0 Å². The van der Waals surface area contributed by atoms with Crippen LogP contribution in [0.3, 0.4) is 0 Å². The van der Waals surface area contributed by atoms with Gasteiger partial charge in [0.2, 0.25) is 5.91 Å². The number of unbranched alkanes of at least 4 members (excludes halogenated alkanes) is 36. The molecule has 0 unspecified atom stereocenters. The molecule has 466 valence electrons. The van der Waals surface area contributed by atoms with Gasteiger partial charge in [-0.2, -0.15) is 4.89 Å². The van der Waals surface area contributed by atoms with E-state index in [1.807, 2.05) is 0 Å². The van der Waals surface area contributed by atoms with Crippen LogP contribution in [0.25, 0.3) is 0 Å². The minimum Gasteiger partial charge on any atom is -0.462 e. The van der Waals surface area contributed by atoms with Crippen molar-refractivity contribution in [2.45, 2.75) is 360 Å². The van der Waals surface area contributed by atoms with Crippen molar-refractivity contribution >= 4 is 37.9 Å². The number of carbonyl (C=O) groups excluding carboxylic acids is 5. The van der Waals surface area contributed by atoms with E-state index < -0.39 is 81.2 Å². The van der Waals surface area contributed by atoms with Crippen molar-refractivity contribution < 1.29 is 72.3 Å². The quantitative estimate of drug-likeness (QED) is 0.00950. The predicted octanol–water partition coefficient (Wildman–Crippen LogP) is 15.2. The molecule has 0 aromatic rings. The zero-order valence-electron chi connectivity index (χ0n) is 50.5. The molecule has 0 fully saturated rings. The molecule has 0 saturated heterocycles. The first-order valence-corrected chi connectivity index (χ1v) is 33.8. The maximum absolute atomic E-state index is 13.8. The number of aliphatic hydroxyl groups is 2. The fourth-order valence-corrected chi connectivity index (χ4v) is 10.6. The Morgan fingerprint density at radius 2 is 0.772 bits per heavy atom. The molecule has 1 amide bonds. The Morgan fingerprint density at radius 3 is 1.09 bits per heavy atom. The number of carbonyl (C=O) groups is 5. The number of nitrogens with one attached hydrogen (secondary N) is 1. The fraction of sp³-hybridized carbons (Fsp3) is 0.919. The van der Waals surface area contributed by atoms with E-state index in [9.17, 15) is 48.5 Å². The van der Waals surface area contributed by atoms with E-state index >= 15 is 0 Å². The lowest BCUT2D eigenvalue weighted by Crippen LogP contribution is -2.55. The zero-order chi connectivity index (χ0) is 58.5. The van der Waals surface area contributed by atoms with E-state index in [-0.39, 0.29) is 25.5 Å². The molecule has 0 rings (SSSR count). The summed E-state index contributed by atoms with van der Waals surface area (Å²) in [6, 6.07) is -1.88. The van der Waals surface area contributed by atoms with Crippen LogP contribution in [0.5, 0.6) is 0 Å². The summed E-state index contributed by atoms with van der Waals surface area (Å²) in [6.45, 7) is 7.65. The van der Waals surface area contributed by atoms with Gasteiger partial charge in [-0.25, -0.2) is 9.36 Å². The van der Waals surface area contributed by atoms with Gasteiger partial charge in [-0.1, -0.05) is 259 Å². The summed E-state index contributed by atoms with van der Waals surface area (Å²) in [5.74, 6) is -2.77. The van der Waals surface area contributed by atoms with Crippen LogP contribution in [0.2, 0.25) is 0 Å². The van der Waals surface area contributed by atoms with Gasteiger partial charge >= 0.3 is 25.7 Å². The lowest BCUT2D eigenvalue weighted by molar-refractivity contribution is -0.318. The molecular formula is C62H118NO15P. The highest BCUT2D eigenvalue weighted by molar-refractivity contribution is 7.46. The number of amides is 1.